The normalized spacial score (nSPS) is 14.9. The van der Waals surface area contributed by atoms with Crippen LogP contribution in [-0.2, 0) is 11.2 Å². The molecular formula is C20H20N4O. The van der Waals surface area contributed by atoms with Crippen LogP contribution in [0.4, 0.5) is 0 Å². The number of aromatic nitrogens is 3. The zero-order valence-electron chi connectivity index (χ0n) is 14.1. The van der Waals surface area contributed by atoms with Crippen molar-refractivity contribution in [2.45, 2.75) is 19.3 Å². The number of Topliss-reactive ketones (excluding diaryl/α,β-unsaturated/α-hetero) is 1. The summed E-state index contributed by atoms with van der Waals surface area (Å²) < 4.78 is 0. The van der Waals surface area contributed by atoms with E-state index < -0.39 is 0 Å². The first-order chi connectivity index (χ1) is 12.3. The predicted molar refractivity (Wildman–Crippen MR) is 97.2 cm³/mol. The summed E-state index contributed by atoms with van der Waals surface area (Å²) in [7, 11) is 0. The lowest BCUT2D eigenvalue weighted by Crippen LogP contribution is -2.27. The van der Waals surface area contributed by atoms with Crippen molar-refractivity contribution in [1.82, 2.24) is 19.9 Å². The number of fused-ring (bicyclic) bond motifs is 1. The van der Waals surface area contributed by atoms with E-state index in [0.717, 1.165) is 40.9 Å². The lowest BCUT2D eigenvalue weighted by molar-refractivity contribution is -0.119. The second-order valence-corrected chi connectivity index (χ2v) is 6.51. The Morgan fingerprint density at radius 1 is 1.12 bits per heavy atom. The summed E-state index contributed by atoms with van der Waals surface area (Å²) in [6, 6.07) is 9.79. The van der Waals surface area contributed by atoms with Crippen LogP contribution in [0.3, 0.4) is 0 Å². The molecule has 0 atom stereocenters. The van der Waals surface area contributed by atoms with Gasteiger partial charge in [-0.2, -0.15) is 0 Å². The Morgan fingerprint density at radius 3 is 2.80 bits per heavy atom. The lowest BCUT2D eigenvalue weighted by Gasteiger charge is -2.13. The molecule has 0 bridgehead atoms. The molecule has 5 nitrogen and oxygen atoms in total. The summed E-state index contributed by atoms with van der Waals surface area (Å²) in [6.07, 6.45) is 8.11. The van der Waals surface area contributed by atoms with Crippen LogP contribution in [0.1, 0.15) is 18.5 Å². The minimum Gasteiger partial charge on any atom is -0.298 e. The summed E-state index contributed by atoms with van der Waals surface area (Å²) in [5, 5.41) is 0.975. The van der Waals surface area contributed by atoms with E-state index in [1.165, 1.54) is 12.8 Å². The van der Waals surface area contributed by atoms with Crippen molar-refractivity contribution in [3.05, 3.63) is 54.6 Å². The summed E-state index contributed by atoms with van der Waals surface area (Å²) in [5.74, 6) is 0.220. The van der Waals surface area contributed by atoms with Crippen LogP contribution < -0.4 is 0 Å². The van der Waals surface area contributed by atoms with Gasteiger partial charge in [-0.25, -0.2) is 4.98 Å². The molecule has 0 N–H and O–H groups in total. The number of nitrogens with zero attached hydrogens (tertiary/aromatic N) is 4. The summed E-state index contributed by atoms with van der Waals surface area (Å²) in [5.41, 5.74) is 3.50. The number of likely N-dealkylation sites (tertiary alicyclic amines) is 1. The highest BCUT2D eigenvalue weighted by Crippen LogP contribution is 2.20. The van der Waals surface area contributed by atoms with E-state index in [2.05, 4.69) is 14.9 Å². The fraction of sp³-hybridized carbons (Fsp3) is 0.300. The van der Waals surface area contributed by atoms with Gasteiger partial charge >= 0.3 is 0 Å². The Bertz CT molecular complexity index is 889. The van der Waals surface area contributed by atoms with E-state index in [1.807, 2.05) is 30.3 Å². The molecule has 0 aromatic carbocycles. The SMILES string of the molecule is O=C(Cc1cc2nc(-c3cccnc3)ccc2cn1)CN1CCCC1. The molecule has 1 fully saturated rings. The van der Waals surface area contributed by atoms with Crippen molar-refractivity contribution >= 4 is 16.7 Å². The first-order valence-electron chi connectivity index (χ1n) is 8.68. The number of rotatable bonds is 5. The molecule has 126 valence electrons. The quantitative estimate of drug-likeness (QED) is 0.719. The third-order valence-corrected chi connectivity index (χ3v) is 4.56. The molecule has 3 aromatic rings. The second kappa shape index (κ2) is 7.07. The lowest BCUT2D eigenvalue weighted by atomic mass is 10.1. The molecule has 0 radical (unpaired) electrons. The zero-order chi connectivity index (χ0) is 17.1. The minimum absolute atomic E-state index is 0.220. The van der Waals surface area contributed by atoms with Gasteiger partial charge in [0, 0.05) is 35.2 Å². The van der Waals surface area contributed by atoms with Gasteiger partial charge in [-0.15, -0.1) is 0 Å². The highest BCUT2D eigenvalue weighted by Gasteiger charge is 2.16. The smallest absolute Gasteiger partial charge is 0.152 e. The first kappa shape index (κ1) is 15.8. The predicted octanol–water partition coefficient (Wildman–Crippen LogP) is 2.90. The standard InChI is InChI=1S/C20H20N4O/c25-18(14-24-8-1-2-9-24)10-17-11-20-16(13-22-17)5-6-19(23-20)15-4-3-7-21-12-15/h3-7,11-13H,1-2,8-10,14H2. The van der Waals surface area contributed by atoms with Gasteiger partial charge in [0.1, 0.15) is 0 Å². The van der Waals surface area contributed by atoms with Crippen LogP contribution in [0.15, 0.2) is 48.9 Å². The molecule has 4 rings (SSSR count). The average molecular weight is 332 g/mol. The Hall–Kier alpha value is -2.66. The van der Waals surface area contributed by atoms with Gasteiger partial charge in [0.15, 0.2) is 5.78 Å². The minimum atomic E-state index is 0.220. The maximum atomic E-state index is 12.3. The summed E-state index contributed by atoms with van der Waals surface area (Å²) in [6.45, 7) is 2.60. The number of carbonyl (C=O) groups is 1. The van der Waals surface area contributed by atoms with Crippen LogP contribution in [-0.4, -0.2) is 45.3 Å². The van der Waals surface area contributed by atoms with Crippen molar-refractivity contribution in [2.24, 2.45) is 0 Å². The van der Waals surface area contributed by atoms with E-state index in [4.69, 9.17) is 4.98 Å². The average Bonchev–Trinajstić information content (AvgIpc) is 3.14. The van der Waals surface area contributed by atoms with Gasteiger partial charge in [-0.1, -0.05) is 0 Å². The number of pyridine rings is 3. The van der Waals surface area contributed by atoms with Crippen molar-refractivity contribution in [3.63, 3.8) is 0 Å². The van der Waals surface area contributed by atoms with E-state index in [0.29, 0.717) is 13.0 Å². The molecule has 0 unspecified atom stereocenters. The molecular weight excluding hydrogens is 312 g/mol. The highest BCUT2D eigenvalue weighted by molar-refractivity contribution is 5.85. The van der Waals surface area contributed by atoms with Gasteiger partial charge < -0.3 is 0 Å². The third-order valence-electron chi connectivity index (χ3n) is 4.56. The maximum Gasteiger partial charge on any atom is 0.152 e. The molecule has 4 heterocycles. The molecule has 3 aromatic heterocycles. The van der Waals surface area contributed by atoms with E-state index in [-0.39, 0.29) is 5.78 Å². The Labute approximate surface area is 146 Å². The van der Waals surface area contributed by atoms with Crippen LogP contribution in [0.2, 0.25) is 0 Å². The number of hydrogen-bond donors (Lipinski definition) is 0. The molecule has 5 heteroatoms. The molecule has 25 heavy (non-hydrogen) atoms. The monoisotopic (exact) mass is 332 g/mol. The molecule has 0 aliphatic carbocycles. The Balaban J connectivity index is 1.55. The number of hydrogen-bond acceptors (Lipinski definition) is 5. The zero-order valence-corrected chi connectivity index (χ0v) is 14.1. The summed E-state index contributed by atoms with van der Waals surface area (Å²) >= 11 is 0. The van der Waals surface area contributed by atoms with E-state index >= 15 is 0 Å². The molecule has 1 aliphatic heterocycles. The highest BCUT2D eigenvalue weighted by atomic mass is 16.1. The van der Waals surface area contributed by atoms with Crippen LogP contribution >= 0.6 is 0 Å². The molecule has 0 amide bonds. The molecule has 1 aliphatic rings. The van der Waals surface area contributed by atoms with Crippen LogP contribution in [0.25, 0.3) is 22.2 Å². The first-order valence-corrected chi connectivity index (χ1v) is 8.68. The van der Waals surface area contributed by atoms with E-state index in [9.17, 15) is 4.79 Å². The Morgan fingerprint density at radius 2 is 2.00 bits per heavy atom. The van der Waals surface area contributed by atoms with Crippen molar-refractivity contribution < 1.29 is 4.79 Å². The van der Waals surface area contributed by atoms with Crippen LogP contribution in [0.5, 0.6) is 0 Å². The van der Waals surface area contributed by atoms with Gasteiger partial charge in [-0.05, 0) is 56.3 Å². The largest absolute Gasteiger partial charge is 0.298 e. The number of ketones is 1. The van der Waals surface area contributed by atoms with E-state index in [1.54, 1.807) is 18.6 Å². The van der Waals surface area contributed by atoms with Crippen molar-refractivity contribution in [1.29, 1.82) is 0 Å². The van der Waals surface area contributed by atoms with Crippen molar-refractivity contribution in [2.75, 3.05) is 19.6 Å². The van der Waals surface area contributed by atoms with Gasteiger partial charge in [0.25, 0.3) is 0 Å². The van der Waals surface area contributed by atoms with Crippen molar-refractivity contribution in [3.8, 4) is 11.3 Å². The molecule has 0 saturated carbocycles. The Kier molecular flexibility index (Phi) is 4.48. The maximum absolute atomic E-state index is 12.3. The molecule has 1 saturated heterocycles. The van der Waals surface area contributed by atoms with Gasteiger partial charge in [0.05, 0.1) is 24.2 Å². The molecule has 0 spiro atoms. The fourth-order valence-electron chi connectivity index (χ4n) is 3.28. The van der Waals surface area contributed by atoms with Gasteiger partial charge in [-0.3, -0.25) is 19.7 Å². The summed E-state index contributed by atoms with van der Waals surface area (Å²) in [4.78, 5) is 27.8. The topological polar surface area (TPSA) is 59.0 Å². The second-order valence-electron chi connectivity index (χ2n) is 6.51. The fourth-order valence-corrected chi connectivity index (χ4v) is 3.28. The van der Waals surface area contributed by atoms with Gasteiger partial charge in [0.2, 0.25) is 0 Å². The number of carbonyl (C=O) groups excluding carboxylic acids is 1. The third kappa shape index (κ3) is 3.72. The van der Waals surface area contributed by atoms with Crippen LogP contribution in [0, 0.1) is 0 Å².